The average molecular weight is 397 g/mol. The van der Waals surface area contributed by atoms with Crippen molar-refractivity contribution in [3.63, 3.8) is 0 Å². The lowest BCUT2D eigenvalue weighted by atomic mass is 9.73. The number of ether oxygens (including phenoxy) is 1. The second-order valence-corrected chi connectivity index (χ2v) is 7.51. The van der Waals surface area contributed by atoms with Gasteiger partial charge in [0.25, 0.3) is 5.89 Å². The summed E-state index contributed by atoms with van der Waals surface area (Å²) in [7, 11) is 0. The van der Waals surface area contributed by atoms with Gasteiger partial charge in [0.15, 0.2) is 11.6 Å². The van der Waals surface area contributed by atoms with E-state index in [1.54, 1.807) is 24.0 Å². The van der Waals surface area contributed by atoms with Gasteiger partial charge in [0.05, 0.1) is 16.7 Å². The molecule has 0 radical (unpaired) electrons. The van der Waals surface area contributed by atoms with Crippen molar-refractivity contribution in [3.8, 4) is 5.75 Å². The summed E-state index contributed by atoms with van der Waals surface area (Å²) in [6.45, 7) is 4.72. The number of carbonyl (C=O) groups is 1. The highest BCUT2D eigenvalue weighted by atomic mass is 35.5. The first kappa shape index (κ1) is 17.4. The summed E-state index contributed by atoms with van der Waals surface area (Å²) in [5, 5.41) is 7.43. The zero-order valence-electron chi connectivity index (χ0n) is 14.4. The highest BCUT2D eigenvalue weighted by Gasteiger charge is 2.62. The van der Waals surface area contributed by atoms with E-state index in [0.717, 1.165) is 12.8 Å². The van der Waals surface area contributed by atoms with Gasteiger partial charge in [0.1, 0.15) is 5.54 Å². The van der Waals surface area contributed by atoms with Crippen molar-refractivity contribution in [2.24, 2.45) is 5.92 Å². The third-order valence-corrected chi connectivity index (χ3v) is 5.48. The molecule has 2 amide bonds. The molecule has 1 aromatic heterocycles. The number of nitrogens with one attached hydrogen (secondary N) is 1. The van der Waals surface area contributed by atoms with Crippen LogP contribution in [0.3, 0.4) is 0 Å². The lowest BCUT2D eigenvalue weighted by Crippen LogP contribution is -2.47. The lowest BCUT2D eigenvalue weighted by molar-refractivity contribution is 0.0898. The molecule has 3 heterocycles. The molecule has 1 aliphatic carbocycles. The van der Waals surface area contributed by atoms with Gasteiger partial charge in [-0.05, 0) is 44.7 Å². The Hall–Kier alpha value is -1.99. The summed E-state index contributed by atoms with van der Waals surface area (Å²) in [5.41, 5.74) is 0.00362. The highest BCUT2D eigenvalue weighted by molar-refractivity contribution is 6.37. The van der Waals surface area contributed by atoms with E-state index >= 15 is 0 Å². The fourth-order valence-electron chi connectivity index (χ4n) is 3.84. The molecule has 2 aliphatic heterocycles. The summed E-state index contributed by atoms with van der Waals surface area (Å²) >= 11 is 12.4. The fraction of sp³-hybridized carbons (Fsp3) is 0.471. The molecule has 1 N–H and O–H groups in total. The number of nitrogens with zero attached hydrogens (tertiary/aromatic N) is 3. The molecular formula is C17H18Cl2N4O3. The second-order valence-electron chi connectivity index (χ2n) is 6.70. The van der Waals surface area contributed by atoms with E-state index < -0.39 is 5.54 Å². The minimum absolute atomic E-state index is 0.239. The zero-order chi connectivity index (χ0) is 18.5. The predicted octanol–water partition coefficient (Wildman–Crippen LogP) is 4.24. The smallest absolute Gasteiger partial charge is 0.322 e. The van der Waals surface area contributed by atoms with E-state index in [1.807, 2.05) is 6.92 Å². The molecule has 2 saturated heterocycles. The second kappa shape index (κ2) is 6.32. The van der Waals surface area contributed by atoms with Crippen LogP contribution in [0.2, 0.25) is 10.0 Å². The van der Waals surface area contributed by atoms with Crippen LogP contribution in [0.15, 0.2) is 16.7 Å². The number of carbonyl (C=O) groups excluding carboxylic acids is 1. The molecule has 0 spiro atoms. The van der Waals surface area contributed by atoms with Crippen molar-refractivity contribution in [1.29, 1.82) is 0 Å². The van der Waals surface area contributed by atoms with Crippen LogP contribution >= 0.6 is 23.2 Å². The molecule has 9 heteroatoms. The molecule has 0 atom stereocenters. The summed E-state index contributed by atoms with van der Waals surface area (Å²) < 4.78 is 10.8. The van der Waals surface area contributed by atoms with E-state index in [9.17, 15) is 4.79 Å². The van der Waals surface area contributed by atoms with Gasteiger partial charge in [0, 0.05) is 12.2 Å². The molecule has 138 valence electrons. The van der Waals surface area contributed by atoms with Gasteiger partial charge in [0.2, 0.25) is 0 Å². The Morgan fingerprint density at radius 1 is 1.42 bits per heavy atom. The molecule has 1 saturated carbocycles. The Balaban J connectivity index is 1.55. The molecule has 2 bridgehead atoms. The number of aromatic nitrogens is 2. The number of fused-ring (bicyclic) bond motifs is 1. The molecule has 7 nitrogen and oxygen atoms in total. The van der Waals surface area contributed by atoms with E-state index in [4.69, 9.17) is 32.5 Å². The Morgan fingerprint density at radius 3 is 2.69 bits per heavy atom. The largest absolute Gasteiger partial charge is 0.491 e. The minimum atomic E-state index is -0.505. The summed E-state index contributed by atoms with van der Waals surface area (Å²) in [5.74, 6) is 1.94. The summed E-state index contributed by atoms with van der Waals surface area (Å²) in [6, 6.07) is 3.01. The fourth-order valence-corrected chi connectivity index (χ4v) is 4.43. The van der Waals surface area contributed by atoms with Crippen molar-refractivity contribution in [2.45, 2.75) is 32.2 Å². The Kier molecular flexibility index (Phi) is 4.23. The first-order valence-electron chi connectivity index (χ1n) is 8.44. The molecule has 0 unspecified atom stereocenters. The van der Waals surface area contributed by atoms with Crippen LogP contribution in [0.5, 0.6) is 5.75 Å². The van der Waals surface area contributed by atoms with E-state index in [-0.39, 0.29) is 6.03 Å². The quantitative estimate of drug-likeness (QED) is 0.835. The van der Waals surface area contributed by atoms with Crippen molar-refractivity contribution in [3.05, 3.63) is 33.9 Å². The molecular weight excluding hydrogens is 379 g/mol. The van der Waals surface area contributed by atoms with Crippen LogP contribution in [0.1, 0.15) is 31.5 Å². The third-order valence-electron chi connectivity index (χ3n) is 4.92. The van der Waals surface area contributed by atoms with Gasteiger partial charge in [-0.1, -0.05) is 28.4 Å². The number of benzene rings is 1. The standard InChI is InChI=1S/C17H18Cl2N4O3/c1-3-25-14-12(18)4-11(5-13(14)19)21-16(24)23-8-10-6-17(23,7-10)15-20-9(2)22-26-15/h4-5,10H,3,6-8H2,1-2H3,(H,21,24). The van der Waals surface area contributed by atoms with Gasteiger partial charge in [-0.25, -0.2) is 4.79 Å². The number of halogens is 2. The number of hydrogen-bond donors (Lipinski definition) is 1. The first-order valence-corrected chi connectivity index (χ1v) is 9.20. The van der Waals surface area contributed by atoms with E-state index in [0.29, 0.717) is 52.3 Å². The summed E-state index contributed by atoms with van der Waals surface area (Å²) in [6.07, 6.45) is 1.68. The lowest BCUT2D eigenvalue weighted by Gasteiger charge is -2.38. The van der Waals surface area contributed by atoms with Crippen LogP contribution in [0.25, 0.3) is 0 Å². The van der Waals surface area contributed by atoms with Gasteiger partial charge < -0.3 is 19.5 Å². The number of aryl methyl sites for hydroxylation is 1. The summed E-state index contributed by atoms with van der Waals surface area (Å²) in [4.78, 5) is 19.0. The van der Waals surface area contributed by atoms with Crippen LogP contribution in [0, 0.1) is 12.8 Å². The van der Waals surface area contributed by atoms with E-state index in [2.05, 4.69) is 15.5 Å². The Labute approximate surface area is 160 Å². The molecule has 2 aromatic rings. The Bertz CT molecular complexity index is 840. The van der Waals surface area contributed by atoms with Gasteiger partial charge in [-0.3, -0.25) is 0 Å². The molecule has 1 aromatic carbocycles. The predicted molar refractivity (Wildman–Crippen MR) is 96.8 cm³/mol. The maximum absolute atomic E-state index is 12.9. The highest BCUT2D eigenvalue weighted by Crippen LogP contribution is 2.56. The van der Waals surface area contributed by atoms with Crippen molar-refractivity contribution in [1.82, 2.24) is 15.0 Å². The SMILES string of the molecule is CCOc1c(Cl)cc(NC(=O)N2CC3CC2(c2nc(C)no2)C3)cc1Cl. The van der Waals surface area contributed by atoms with E-state index in [1.165, 1.54) is 0 Å². The number of hydrogen-bond acceptors (Lipinski definition) is 5. The molecule has 26 heavy (non-hydrogen) atoms. The number of urea groups is 1. The van der Waals surface area contributed by atoms with Gasteiger partial charge in [-0.2, -0.15) is 4.98 Å². The molecule has 5 rings (SSSR count). The van der Waals surface area contributed by atoms with Crippen LogP contribution < -0.4 is 10.1 Å². The first-order chi connectivity index (χ1) is 12.4. The zero-order valence-corrected chi connectivity index (χ0v) is 15.9. The van der Waals surface area contributed by atoms with Crippen LogP contribution in [-0.2, 0) is 5.54 Å². The third kappa shape index (κ3) is 2.70. The van der Waals surface area contributed by atoms with Crippen molar-refractivity contribution < 1.29 is 14.1 Å². The maximum Gasteiger partial charge on any atom is 0.322 e. The number of amides is 2. The monoisotopic (exact) mass is 396 g/mol. The average Bonchev–Trinajstić information content (AvgIpc) is 3.22. The topological polar surface area (TPSA) is 80.5 Å². The minimum Gasteiger partial charge on any atom is -0.491 e. The maximum atomic E-state index is 12.9. The normalized spacial score (nSPS) is 23.7. The molecule has 3 fully saturated rings. The molecule has 3 aliphatic rings. The van der Waals surface area contributed by atoms with Crippen LogP contribution in [-0.4, -0.2) is 34.2 Å². The number of rotatable bonds is 4. The van der Waals surface area contributed by atoms with Gasteiger partial charge in [-0.15, -0.1) is 0 Å². The van der Waals surface area contributed by atoms with Crippen LogP contribution in [0.4, 0.5) is 10.5 Å². The Morgan fingerprint density at radius 2 is 2.12 bits per heavy atom. The number of anilines is 1. The van der Waals surface area contributed by atoms with Gasteiger partial charge >= 0.3 is 6.03 Å². The van der Waals surface area contributed by atoms with Crippen molar-refractivity contribution >= 4 is 34.9 Å². The van der Waals surface area contributed by atoms with Crippen molar-refractivity contribution in [2.75, 3.05) is 18.5 Å².